The summed E-state index contributed by atoms with van der Waals surface area (Å²) in [7, 11) is -2.71. The Morgan fingerprint density at radius 3 is 2.00 bits per heavy atom. The van der Waals surface area contributed by atoms with Crippen molar-refractivity contribution in [3.05, 3.63) is 84.4 Å². The summed E-state index contributed by atoms with van der Waals surface area (Å²) in [4.78, 5) is 12.4. The molecular weight excluding hydrogens is 376 g/mol. The fraction of sp³-hybridized carbons (Fsp3) is 0.240. The van der Waals surface area contributed by atoms with Gasteiger partial charge in [0.2, 0.25) is 0 Å². The van der Waals surface area contributed by atoms with Gasteiger partial charge in [-0.05, 0) is 33.6 Å². The molecule has 1 heterocycles. The lowest BCUT2D eigenvalue weighted by molar-refractivity contribution is 0.0933. The summed E-state index contributed by atoms with van der Waals surface area (Å²) in [5, 5.41) is 2.28. The van der Waals surface area contributed by atoms with Crippen molar-refractivity contribution in [2.75, 3.05) is 6.61 Å². The highest BCUT2D eigenvalue weighted by Crippen LogP contribution is 2.38. The van der Waals surface area contributed by atoms with Gasteiger partial charge in [-0.25, -0.2) is 0 Å². The Labute approximate surface area is 173 Å². The van der Waals surface area contributed by atoms with Gasteiger partial charge in [0.1, 0.15) is 11.5 Å². The maximum atomic E-state index is 12.4. The van der Waals surface area contributed by atoms with E-state index in [-0.39, 0.29) is 10.8 Å². The third-order valence-corrected chi connectivity index (χ3v) is 10.5. The van der Waals surface area contributed by atoms with Crippen LogP contribution in [0.1, 0.15) is 37.6 Å². The van der Waals surface area contributed by atoms with E-state index in [0.29, 0.717) is 24.3 Å². The average Bonchev–Trinajstić information content (AvgIpc) is 2.73. The van der Waals surface area contributed by atoms with Crippen LogP contribution in [0.5, 0.6) is 11.5 Å². The summed E-state index contributed by atoms with van der Waals surface area (Å²) < 4.78 is 12.6. The van der Waals surface area contributed by atoms with Crippen molar-refractivity contribution in [1.82, 2.24) is 0 Å². The first-order valence-corrected chi connectivity index (χ1v) is 11.9. The number of Topliss-reactive ketones (excluding diaryl/α,β-unsaturated/α-hetero) is 1. The number of hydrogen-bond acceptors (Lipinski definition) is 3. The van der Waals surface area contributed by atoms with Crippen molar-refractivity contribution in [1.29, 1.82) is 0 Å². The van der Waals surface area contributed by atoms with Crippen LogP contribution >= 0.6 is 0 Å². The van der Waals surface area contributed by atoms with E-state index in [9.17, 15) is 4.79 Å². The predicted molar refractivity (Wildman–Crippen MR) is 119 cm³/mol. The van der Waals surface area contributed by atoms with Crippen LogP contribution < -0.4 is 19.5 Å². The highest BCUT2D eigenvalue weighted by molar-refractivity contribution is 7.00. The van der Waals surface area contributed by atoms with Crippen molar-refractivity contribution >= 4 is 24.5 Å². The molecule has 4 heteroatoms. The summed E-state index contributed by atoms with van der Waals surface area (Å²) in [6.45, 7) is 7.17. The monoisotopic (exact) mass is 402 g/mol. The lowest BCUT2D eigenvalue weighted by atomic mass is 10.1. The van der Waals surface area contributed by atoms with Crippen LogP contribution in [0, 0.1) is 0 Å². The van der Waals surface area contributed by atoms with E-state index in [0.717, 1.165) is 5.75 Å². The van der Waals surface area contributed by atoms with E-state index in [1.807, 2.05) is 30.3 Å². The molecule has 0 radical (unpaired) electrons. The molecule has 4 rings (SSSR count). The number of benzene rings is 3. The summed E-state index contributed by atoms with van der Waals surface area (Å²) in [6, 6.07) is 26.6. The first-order chi connectivity index (χ1) is 13.9. The molecule has 3 aromatic rings. The van der Waals surface area contributed by atoms with Crippen molar-refractivity contribution in [3.63, 3.8) is 0 Å². The van der Waals surface area contributed by atoms with Crippen LogP contribution in [-0.2, 0) is 0 Å². The van der Waals surface area contributed by atoms with Crippen LogP contribution in [-0.4, -0.2) is 20.7 Å². The first-order valence-electron chi connectivity index (χ1n) is 10.0. The largest absolute Gasteiger partial charge is 0.534 e. The second-order valence-corrected chi connectivity index (χ2v) is 12.7. The average molecular weight is 403 g/mol. The van der Waals surface area contributed by atoms with Crippen molar-refractivity contribution in [3.8, 4) is 11.5 Å². The molecule has 3 nitrogen and oxygen atoms in total. The van der Waals surface area contributed by atoms with Crippen molar-refractivity contribution in [2.45, 2.75) is 32.2 Å². The number of fused-ring (bicyclic) bond motifs is 1. The molecule has 3 aromatic carbocycles. The van der Waals surface area contributed by atoms with Gasteiger partial charge in [-0.1, -0.05) is 81.4 Å². The third-order valence-electron chi connectivity index (χ3n) is 5.53. The van der Waals surface area contributed by atoms with Crippen LogP contribution in [0.3, 0.4) is 0 Å². The molecule has 0 unspecified atom stereocenters. The maximum absolute atomic E-state index is 12.4. The summed E-state index contributed by atoms with van der Waals surface area (Å²) >= 11 is 0. The molecule has 29 heavy (non-hydrogen) atoms. The van der Waals surface area contributed by atoms with Gasteiger partial charge in [0.15, 0.2) is 5.78 Å². The molecule has 1 aliphatic heterocycles. The Bertz CT molecular complexity index is 968. The quantitative estimate of drug-likeness (QED) is 0.599. The molecule has 0 N–H and O–H groups in total. The number of hydrogen-bond donors (Lipinski definition) is 0. The highest BCUT2D eigenvalue weighted by Gasteiger charge is 2.52. The van der Waals surface area contributed by atoms with E-state index in [1.54, 1.807) is 0 Å². The topological polar surface area (TPSA) is 35.5 Å². The molecule has 0 amide bonds. The predicted octanol–water partition coefficient (Wildman–Crippen LogP) is 4.59. The Kier molecular flexibility index (Phi) is 5.05. The Hall–Kier alpha value is -2.85. The van der Waals surface area contributed by atoms with Crippen LogP contribution in [0.2, 0.25) is 5.04 Å². The van der Waals surface area contributed by atoms with E-state index < -0.39 is 8.32 Å². The summed E-state index contributed by atoms with van der Waals surface area (Å²) in [5.41, 5.74) is 0.617. The molecule has 1 aliphatic rings. The summed E-state index contributed by atoms with van der Waals surface area (Å²) in [5.74, 6) is 1.48. The number of ether oxygens (including phenoxy) is 1. The molecular formula is C25H26O3Si. The minimum absolute atomic E-state index is 0.110. The fourth-order valence-electron chi connectivity index (χ4n) is 4.13. The highest BCUT2D eigenvalue weighted by atomic mass is 28.4. The van der Waals surface area contributed by atoms with Gasteiger partial charge in [0.25, 0.3) is 0 Å². The minimum atomic E-state index is -2.71. The lowest BCUT2D eigenvalue weighted by Crippen LogP contribution is -2.68. The van der Waals surface area contributed by atoms with Gasteiger partial charge < -0.3 is 9.16 Å². The lowest BCUT2D eigenvalue weighted by Gasteiger charge is -2.43. The maximum Gasteiger partial charge on any atom is 0.319 e. The molecule has 0 aromatic heterocycles. The van der Waals surface area contributed by atoms with E-state index >= 15 is 0 Å². The smallest absolute Gasteiger partial charge is 0.319 e. The Morgan fingerprint density at radius 2 is 1.45 bits per heavy atom. The second kappa shape index (κ2) is 7.52. The second-order valence-electron chi connectivity index (χ2n) is 8.44. The zero-order valence-corrected chi connectivity index (χ0v) is 18.1. The Balaban J connectivity index is 1.90. The molecule has 0 bridgehead atoms. The van der Waals surface area contributed by atoms with Gasteiger partial charge in [-0.2, -0.15) is 0 Å². The molecule has 0 atom stereocenters. The molecule has 0 saturated heterocycles. The molecule has 0 saturated carbocycles. The third kappa shape index (κ3) is 3.49. The number of ketones is 1. The minimum Gasteiger partial charge on any atom is -0.534 e. The van der Waals surface area contributed by atoms with Gasteiger partial charge in [0.05, 0.1) is 12.2 Å². The van der Waals surface area contributed by atoms with E-state index in [2.05, 4.69) is 69.3 Å². The standard InChI is InChI=1S/C25H26O3Si/c1-25(2,3)29(20-10-6-4-7-11-20,21-12-8-5-9-13-21)28-19-14-15-24-22(18-19)23(26)16-17-27-24/h4-15,18H,16-17H2,1-3H3. The number of rotatable bonds is 4. The molecule has 148 valence electrons. The van der Waals surface area contributed by atoms with Crippen molar-refractivity contribution in [2.24, 2.45) is 0 Å². The van der Waals surface area contributed by atoms with E-state index in [1.165, 1.54) is 10.4 Å². The SMILES string of the molecule is CC(C)(C)[Si](Oc1ccc2c(c1)C(=O)CCO2)(c1ccccc1)c1ccccc1. The molecule has 0 aliphatic carbocycles. The number of carbonyl (C=O) groups excluding carboxylic acids is 1. The van der Waals surface area contributed by atoms with Crippen LogP contribution in [0.25, 0.3) is 0 Å². The van der Waals surface area contributed by atoms with E-state index in [4.69, 9.17) is 9.16 Å². The molecule has 0 spiro atoms. The first kappa shape index (κ1) is 19.5. The zero-order chi connectivity index (χ0) is 20.5. The van der Waals surface area contributed by atoms with Crippen molar-refractivity contribution < 1.29 is 14.0 Å². The fourth-order valence-corrected chi connectivity index (χ4v) is 8.54. The normalized spacial score (nSPS) is 14.1. The Morgan fingerprint density at radius 1 is 0.862 bits per heavy atom. The van der Waals surface area contributed by atoms with Crippen LogP contribution in [0.15, 0.2) is 78.9 Å². The van der Waals surface area contributed by atoms with Gasteiger partial charge in [-0.15, -0.1) is 0 Å². The van der Waals surface area contributed by atoms with Crippen LogP contribution in [0.4, 0.5) is 0 Å². The summed E-state index contributed by atoms with van der Waals surface area (Å²) in [6.07, 6.45) is 0.412. The number of carbonyl (C=O) groups is 1. The van der Waals surface area contributed by atoms with Gasteiger partial charge >= 0.3 is 8.32 Å². The zero-order valence-electron chi connectivity index (χ0n) is 17.1. The van der Waals surface area contributed by atoms with Gasteiger partial charge in [-0.3, -0.25) is 4.79 Å². The molecule has 0 fully saturated rings. The van der Waals surface area contributed by atoms with Gasteiger partial charge in [0, 0.05) is 6.42 Å².